The Labute approximate surface area is 184 Å². The van der Waals surface area contributed by atoms with E-state index < -0.39 is 20.5 Å². The molecule has 1 amide bonds. The van der Waals surface area contributed by atoms with E-state index in [9.17, 15) is 18.0 Å². The summed E-state index contributed by atoms with van der Waals surface area (Å²) >= 11 is 0. The summed E-state index contributed by atoms with van der Waals surface area (Å²) in [4.78, 5) is 24.5. The van der Waals surface area contributed by atoms with Gasteiger partial charge in [0.05, 0.1) is 6.61 Å². The lowest BCUT2D eigenvalue weighted by Gasteiger charge is -2.25. The molecular formula is C21H23N3O7S. The molecule has 0 aliphatic rings. The van der Waals surface area contributed by atoms with Gasteiger partial charge in [0.2, 0.25) is 0 Å². The maximum atomic E-state index is 12.6. The second kappa shape index (κ2) is 9.07. The zero-order valence-electron chi connectivity index (χ0n) is 17.5. The molecule has 170 valence electrons. The van der Waals surface area contributed by atoms with Gasteiger partial charge in [-0.15, -0.1) is 0 Å². The lowest BCUT2D eigenvalue weighted by molar-refractivity contribution is -0.131. The van der Waals surface area contributed by atoms with Crippen LogP contribution in [0.1, 0.15) is 19.0 Å². The lowest BCUT2D eigenvalue weighted by Crippen LogP contribution is -2.49. The van der Waals surface area contributed by atoms with Gasteiger partial charge in [0, 0.05) is 36.7 Å². The first-order chi connectivity index (χ1) is 15.1. The van der Waals surface area contributed by atoms with Crippen molar-refractivity contribution >= 4 is 15.7 Å². The number of pyridine rings is 1. The molecule has 0 saturated carbocycles. The number of sulfone groups is 1. The lowest BCUT2D eigenvalue weighted by atomic mass is 10.0. The molecule has 0 spiro atoms. The van der Waals surface area contributed by atoms with Crippen molar-refractivity contribution in [1.29, 1.82) is 0 Å². The number of benzene rings is 1. The van der Waals surface area contributed by atoms with E-state index in [-0.39, 0.29) is 25.1 Å². The molecule has 2 heterocycles. The first-order valence-electron chi connectivity index (χ1n) is 9.61. The van der Waals surface area contributed by atoms with Crippen LogP contribution in [0.25, 0.3) is 22.5 Å². The highest BCUT2D eigenvalue weighted by molar-refractivity contribution is 7.92. The van der Waals surface area contributed by atoms with E-state index in [0.29, 0.717) is 17.0 Å². The van der Waals surface area contributed by atoms with Gasteiger partial charge in [0.1, 0.15) is 5.69 Å². The van der Waals surface area contributed by atoms with Crippen LogP contribution in [0, 0.1) is 0 Å². The fraction of sp³-hybridized carbons (Fsp3) is 0.286. The molecule has 0 bridgehead atoms. The van der Waals surface area contributed by atoms with Crippen molar-refractivity contribution in [3.8, 4) is 22.5 Å². The van der Waals surface area contributed by atoms with Crippen LogP contribution in [0.5, 0.6) is 0 Å². The summed E-state index contributed by atoms with van der Waals surface area (Å²) in [6.45, 7) is 0.951. The molecule has 3 aromatic rings. The maximum absolute atomic E-state index is 12.6. The van der Waals surface area contributed by atoms with E-state index in [2.05, 4.69) is 5.16 Å². The quantitative estimate of drug-likeness (QED) is 0.336. The smallest absolute Gasteiger partial charge is 0.264 e. The number of hydrogen-bond donors (Lipinski definition) is 3. The molecule has 3 N–H and O–H groups in total. The van der Waals surface area contributed by atoms with E-state index in [4.69, 9.17) is 14.8 Å². The predicted octanol–water partition coefficient (Wildman–Crippen LogP) is 1.36. The first-order valence-corrected chi connectivity index (χ1v) is 11.5. The molecule has 0 fully saturated rings. The van der Waals surface area contributed by atoms with Gasteiger partial charge < -0.3 is 14.2 Å². The number of hydrogen-bond acceptors (Lipinski definition) is 8. The summed E-state index contributed by atoms with van der Waals surface area (Å²) < 4.78 is 28.7. The number of nitrogens with zero attached hydrogens (tertiary/aromatic N) is 2. The fourth-order valence-electron chi connectivity index (χ4n) is 3.14. The first kappa shape index (κ1) is 23.4. The number of nitrogens with one attached hydrogen (secondary N) is 1. The largest absolute Gasteiger partial charge is 0.390 e. The fourth-order valence-corrected chi connectivity index (χ4v) is 3.99. The molecule has 0 unspecified atom stereocenters. The predicted molar refractivity (Wildman–Crippen MR) is 115 cm³/mol. The third-order valence-electron chi connectivity index (χ3n) is 5.45. The molecule has 0 radical (unpaired) electrons. The van der Waals surface area contributed by atoms with Gasteiger partial charge in [-0.2, -0.15) is 0 Å². The van der Waals surface area contributed by atoms with Crippen molar-refractivity contribution in [2.24, 2.45) is 0 Å². The number of amides is 1. The Kier molecular flexibility index (Phi) is 6.63. The van der Waals surface area contributed by atoms with Crippen molar-refractivity contribution < 1.29 is 28.0 Å². The van der Waals surface area contributed by atoms with Crippen LogP contribution in [0.2, 0.25) is 0 Å². The number of aryl methyl sites for hydroxylation is 1. The Hall–Kier alpha value is -3.28. The zero-order valence-corrected chi connectivity index (χ0v) is 18.3. The molecular weight excluding hydrogens is 438 g/mol. The van der Waals surface area contributed by atoms with Gasteiger partial charge in [-0.25, -0.2) is 13.9 Å². The van der Waals surface area contributed by atoms with Crippen LogP contribution >= 0.6 is 0 Å². The number of rotatable bonds is 8. The van der Waals surface area contributed by atoms with Crippen LogP contribution in [0.3, 0.4) is 0 Å². The standard InChI is InChI=1S/C21H23N3O7S/c1-21(20(27)22-28,32(2,29)30)8-10-24-9-7-16(11-19(24)26)14-3-5-15(6-4-14)18-12-17(13-25)23-31-18/h3-7,9,11-12,25,28H,8,10,13H2,1-2H3,(H,22,27)/t21-/m1/s1. The second-order valence-corrected chi connectivity index (χ2v) is 10.0. The summed E-state index contributed by atoms with van der Waals surface area (Å²) in [6.07, 6.45) is 2.23. The number of hydroxylamine groups is 1. The van der Waals surface area contributed by atoms with Gasteiger partial charge in [0.25, 0.3) is 11.5 Å². The average molecular weight is 461 g/mol. The normalized spacial score (nSPS) is 13.5. The highest BCUT2D eigenvalue weighted by Gasteiger charge is 2.43. The Morgan fingerprint density at radius 3 is 2.34 bits per heavy atom. The summed E-state index contributed by atoms with van der Waals surface area (Å²) in [6, 6.07) is 12.0. The Bertz CT molecular complexity index is 1280. The monoisotopic (exact) mass is 461 g/mol. The van der Waals surface area contributed by atoms with Crippen LogP contribution in [0.15, 0.2) is 58.0 Å². The van der Waals surface area contributed by atoms with Crippen molar-refractivity contribution in [3.05, 3.63) is 64.7 Å². The Morgan fingerprint density at radius 1 is 1.16 bits per heavy atom. The van der Waals surface area contributed by atoms with E-state index in [1.54, 1.807) is 24.3 Å². The number of carbonyl (C=O) groups is 1. The van der Waals surface area contributed by atoms with Gasteiger partial charge >= 0.3 is 0 Å². The van der Waals surface area contributed by atoms with Gasteiger partial charge in [-0.05, 0) is 30.5 Å². The molecule has 0 aliphatic heterocycles. The highest BCUT2D eigenvalue weighted by atomic mass is 32.2. The highest BCUT2D eigenvalue weighted by Crippen LogP contribution is 2.25. The molecule has 1 atom stereocenters. The van der Waals surface area contributed by atoms with Crippen LogP contribution in [0.4, 0.5) is 0 Å². The molecule has 10 nitrogen and oxygen atoms in total. The van der Waals surface area contributed by atoms with E-state index in [0.717, 1.165) is 17.4 Å². The van der Waals surface area contributed by atoms with Crippen molar-refractivity contribution in [2.75, 3.05) is 6.26 Å². The topological polar surface area (TPSA) is 152 Å². The van der Waals surface area contributed by atoms with Crippen molar-refractivity contribution in [1.82, 2.24) is 15.2 Å². The summed E-state index contributed by atoms with van der Waals surface area (Å²) in [5.74, 6) is -0.542. The van der Waals surface area contributed by atoms with Gasteiger partial charge in [0.15, 0.2) is 20.3 Å². The zero-order chi connectivity index (χ0) is 23.5. The molecule has 0 saturated heterocycles. The number of carbonyl (C=O) groups excluding carboxylic acids is 1. The van der Waals surface area contributed by atoms with Crippen LogP contribution in [-0.4, -0.2) is 45.4 Å². The minimum atomic E-state index is -3.85. The third kappa shape index (κ3) is 4.64. The van der Waals surface area contributed by atoms with Crippen molar-refractivity contribution in [3.63, 3.8) is 0 Å². The minimum Gasteiger partial charge on any atom is -0.390 e. The van der Waals surface area contributed by atoms with Gasteiger partial charge in [-0.3, -0.25) is 14.8 Å². The molecule has 11 heteroatoms. The molecule has 3 rings (SSSR count). The molecule has 2 aromatic heterocycles. The Morgan fingerprint density at radius 2 is 1.81 bits per heavy atom. The third-order valence-corrected chi connectivity index (χ3v) is 7.48. The number of aliphatic hydroxyl groups excluding tert-OH is 1. The number of aliphatic hydroxyl groups is 1. The summed E-state index contributed by atoms with van der Waals surface area (Å²) in [7, 11) is -3.85. The van der Waals surface area contributed by atoms with Crippen molar-refractivity contribution in [2.45, 2.75) is 31.2 Å². The van der Waals surface area contributed by atoms with E-state index in [1.165, 1.54) is 29.2 Å². The van der Waals surface area contributed by atoms with Crippen LogP contribution < -0.4 is 11.0 Å². The summed E-state index contributed by atoms with van der Waals surface area (Å²) in [5, 5.41) is 21.7. The van der Waals surface area contributed by atoms with Crippen LogP contribution in [-0.2, 0) is 27.8 Å². The molecule has 1 aromatic carbocycles. The van der Waals surface area contributed by atoms with Gasteiger partial charge in [-0.1, -0.05) is 29.4 Å². The molecule has 0 aliphatic carbocycles. The molecule has 32 heavy (non-hydrogen) atoms. The van der Waals surface area contributed by atoms with E-state index in [1.807, 2.05) is 12.1 Å². The van der Waals surface area contributed by atoms with E-state index >= 15 is 0 Å². The summed E-state index contributed by atoms with van der Waals surface area (Å²) in [5.41, 5.74) is 3.64. The SMILES string of the molecule is C[C@@](CCn1ccc(-c2ccc(-c3cc(CO)no3)cc2)cc1=O)(C(=O)NO)S(C)(=O)=O. The minimum absolute atomic E-state index is 0.0340. The second-order valence-electron chi connectivity index (χ2n) is 7.56. The average Bonchev–Trinajstić information content (AvgIpc) is 3.26. The maximum Gasteiger partial charge on any atom is 0.264 e. The Balaban J connectivity index is 1.79. The number of aromatic nitrogens is 2.